The Morgan fingerprint density at radius 1 is 1.25 bits per heavy atom. The minimum atomic E-state index is -0.484. The van der Waals surface area contributed by atoms with Crippen LogP contribution in [0.4, 0.5) is 22.1 Å². The molecule has 3 N–H and O–H groups in total. The van der Waals surface area contributed by atoms with Crippen molar-refractivity contribution in [3.8, 4) is 0 Å². The number of nitrogens with zero attached hydrogens (tertiary/aromatic N) is 3. The first-order valence-corrected chi connectivity index (χ1v) is 11.0. The first kappa shape index (κ1) is 20.4. The third-order valence-electron chi connectivity index (χ3n) is 5.86. The van der Waals surface area contributed by atoms with Crippen LogP contribution in [-0.4, -0.2) is 50.7 Å². The van der Waals surface area contributed by atoms with Gasteiger partial charge < -0.3 is 25.3 Å². The van der Waals surface area contributed by atoms with Crippen molar-refractivity contribution < 1.29 is 9.53 Å². The van der Waals surface area contributed by atoms with Gasteiger partial charge in [0, 0.05) is 47.9 Å². The van der Waals surface area contributed by atoms with Gasteiger partial charge in [-0.25, -0.2) is 14.8 Å². The highest BCUT2D eigenvalue weighted by Gasteiger charge is 2.31. The Morgan fingerprint density at radius 2 is 2.12 bits per heavy atom. The van der Waals surface area contributed by atoms with E-state index in [0.717, 1.165) is 46.6 Å². The minimum absolute atomic E-state index is 0.158. The summed E-state index contributed by atoms with van der Waals surface area (Å²) in [6, 6.07) is 8.35. The van der Waals surface area contributed by atoms with E-state index in [1.54, 1.807) is 11.2 Å². The molecule has 32 heavy (non-hydrogen) atoms. The van der Waals surface area contributed by atoms with Crippen LogP contribution in [-0.2, 0) is 11.2 Å². The van der Waals surface area contributed by atoms with Gasteiger partial charge in [-0.3, -0.25) is 0 Å². The van der Waals surface area contributed by atoms with Crippen molar-refractivity contribution in [3.63, 3.8) is 0 Å². The Bertz CT molecular complexity index is 1190. The standard InChI is InChI=1S/C24H28N6O2/c1-24(2,3)32-23(31)30-11-8-15(9-12-30)20-13-17-21(26-14-27-22(17)29-20)28-19-6-4-5-18-16(19)7-10-25-18/h4-8,10,14,20,25H,9,11-13H2,1-3H3,(H2,26,27,28,29). The largest absolute Gasteiger partial charge is 0.444 e. The normalized spacial score (nSPS) is 18.2. The molecule has 0 radical (unpaired) electrons. The summed E-state index contributed by atoms with van der Waals surface area (Å²) in [5.74, 6) is 1.69. The van der Waals surface area contributed by atoms with Crippen LogP contribution in [0.3, 0.4) is 0 Å². The highest BCUT2D eigenvalue weighted by molar-refractivity contribution is 5.93. The van der Waals surface area contributed by atoms with E-state index in [2.05, 4.69) is 49.9 Å². The quantitative estimate of drug-likeness (QED) is 0.524. The molecule has 166 valence electrons. The molecule has 0 aliphatic carbocycles. The van der Waals surface area contributed by atoms with E-state index in [1.807, 2.05) is 33.0 Å². The summed E-state index contributed by atoms with van der Waals surface area (Å²) in [6.45, 7) is 6.88. The zero-order valence-electron chi connectivity index (χ0n) is 18.6. The summed E-state index contributed by atoms with van der Waals surface area (Å²) < 4.78 is 5.50. The molecule has 2 aromatic heterocycles. The maximum atomic E-state index is 12.3. The molecule has 0 fully saturated rings. The molecule has 1 atom stereocenters. The number of H-pyrrole nitrogens is 1. The van der Waals surface area contributed by atoms with E-state index in [0.29, 0.717) is 13.1 Å². The molecule has 8 heteroatoms. The lowest BCUT2D eigenvalue weighted by molar-refractivity contribution is 0.0265. The van der Waals surface area contributed by atoms with E-state index in [4.69, 9.17) is 4.74 Å². The number of aromatic nitrogens is 3. The number of fused-ring (bicyclic) bond motifs is 2. The van der Waals surface area contributed by atoms with Crippen molar-refractivity contribution in [1.29, 1.82) is 0 Å². The average Bonchev–Trinajstić information content (AvgIpc) is 3.41. The first-order valence-electron chi connectivity index (χ1n) is 11.0. The molecule has 0 saturated heterocycles. The number of rotatable bonds is 3. The third-order valence-corrected chi connectivity index (χ3v) is 5.86. The molecule has 3 aromatic rings. The number of aromatic amines is 1. The van der Waals surface area contributed by atoms with Gasteiger partial charge >= 0.3 is 6.09 Å². The van der Waals surface area contributed by atoms with Crippen LogP contribution in [0.25, 0.3) is 10.9 Å². The Labute approximate surface area is 187 Å². The second kappa shape index (κ2) is 7.85. The van der Waals surface area contributed by atoms with Gasteiger partial charge in [0.15, 0.2) is 0 Å². The first-order chi connectivity index (χ1) is 15.4. The summed E-state index contributed by atoms with van der Waals surface area (Å²) in [7, 11) is 0. The summed E-state index contributed by atoms with van der Waals surface area (Å²) in [4.78, 5) is 26.3. The Kier molecular flexibility index (Phi) is 5.00. The fourth-order valence-corrected chi connectivity index (χ4v) is 4.30. The number of carbonyl (C=O) groups excluding carboxylic acids is 1. The van der Waals surface area contributed by atoms with Crippen molar-refractivity contribution >= 4 is 34.3 Å². The smallest absolute Gasteiger partial charge is 0.410 e. The van der Waals surface area contributed by atoms with Crippen molar-refractivity contribution in [1.82, 2.24) is 19.9 Å². The fraction of sp³-hybridized carbons (Fsp3) is 0.375. The maximum absolute atomic E-state index is 12.3. The van der Waals surface area contributed by atoms with Crippen LogP contribution >= 0.6 is 0 Å². The molecular weight excluding hydrogens is 404 g/mol. The molecule has 4 heterocycles. The number of amides is 1. The molecule has 0 bridgehead atoms. The Morgan fingerprint density at radius 3 is 2.91 bits per heavy atom. The van der Waals surface area contributed by atoms with Gasteiger partial charge in [-0.05, 0) is 51.0 Å². The van der Waals surface area contributed by atoms with Crippen LogP contribution in [0.15, 0.2) is 48.4 Å². The average molecular weight is 433 g/mol. The topological polar surface area (TPSA) is 95.2 Å². The lowest BCUT2D eigenvalue weighted by Crippen LogP contribution is -2.40. The molecule has 2 aliphatic rings. The van der Waals surface area contributed by atoms with Gasteiger partial charge in [0.25, 0.3) is 0 Å². The van der Waals surface area contributed by atoms with Gasteiger partial charge in [0.05, 0.1) is 6.04 Å². The van der Waals surface area contributed by atoms with Gasteiger partial charge in [0.1, 0.15) is 23.6 Å². The van der Waals surface area contributed by atoms with Crippen molar-refractivity contribution in [2.75, 3.05) is 23.7 Å². The lowest BCUT2D eigenvalue weighted by Gasteiger charge is -2.31. The van der Waals surface area contributed by atoms with E-state index < -0.39 is 5.60 Å². The van der Waals surface area contributed by atoms with E-state index in [9.17, 15) is 4.79 Å². The van der Waals surface area contributed by atoms with E-state index >= 15 is 0 Å². The molecule has 1 amide bonds. The van der Waals surface area contributed by atoms with Gasteiger partial charge in [-0.15, -0.1) is 0 Å². The second-order valence-corrected chi connectivity index (χ2v) is 9.28. The van der Waals surface area contributed by atoms with Crippen LogP contribution in [0, 0.1) is 0 Å². The number of anilines is 3. The van der Waals surface area contributed by atoms with Gasteiger partial charge in [0.2, 0.25) is 0 Å². The highest BCUT2D eigenvalue weighted by Crippen LogP contribution is 2.35. The summed E-state index contributed by atoms with van der Waals surface area (Å²) >= 11 is 0. The predicted molar refractivity (Wildman–Crippen MR) is 125 cm³/mol. The Hall–Kier alpha value is -3.55. The van der Waals surface area contributed by atoms with Crippen LogP contribution < -0.4 is 10.6 Å². The molecule has 0 spiro atoms. The van der Waals surface area contributed by atoms with Gasteiger partial charge in [-0.1, -0.05) is 12.1 Å². The molecule has 1 unspecified atom stereocenters. The van der Waals surface area contributed by atoms with Crippen molar-refractivity contribution in [3.05, 3.63) is 54.0 Å². The second-order valence-electron chi connectivity index (χ2n) is 9.28. The molecule has 1 aromatic carbocycles. The van der Waals surface area contributed by atoms with Crippen LogP contribution in [0.1, 0.15) is 32.8 Å². The summed E-state index contributed by atoms with van der Waals surface area (Å²) in [6.07, 6.45) is 7.02. The number of ether oxygens (including phenoxy) is 1. The van der Waals surface area contributed by atoms with Crippen LogP contribution in [0.5, 0.6) is 0 Å². The number of carbonyl (C=O) groups is 1. The summed E-state index contributed by atoms with van der Waals surface area (Å²) in [5, 5.41) is 8.17. The summed E-state index contributed by atoms with van der Waals surface area (Å²) in [5.41, 5.74) is 3.99. The fourth-order valence-electron chi connectivity index (χ4n) is 4.30. The minimum Gasteiger partial charge on any atom is -0.444 e. The molecular formula is C24H28N6O2. The monoisotopic (exact) mass is 432 g/mol. The zero-order valence-corrected chi connectivity index (χ0v) is 18.6. The SMILES string of the molecule is CC(C)(C)OC(=O)N1CC=C(C2Cc3c(Nc4cccc5[nH]ccc45)ncnc3N2)CC1. The number of benzene rings is 1. The lowest BCUT2D eigenvalue weighted by atomic mass is 9.97. The molecule has 0 saturated carbocycles. The van der Waals surface area contributed by atoms with E-state index in [1.165, 1.54) is 5.57 Å². The molecule has 8 nitrogen and oxygen atoms in total. The van der Waals surface area contributed by atoms with E-state index in [-0.39, 0.29) is 12.1 Å². The highest BCUT2D eigenvalue weighted by atomic mass is 16.6. The number of nitrogens with one attached hydrogen (secondary N) is 3. The number of hydrogen-bond acceptors (Lipinski definition) is 6. The predicted octanol–water partition coefficient (Wildman–Crippen LogP) is 4.61. The third kappa shape index (κ3) is 4.00. The molecule has 2 aliphatic heterocycles. The van der Waals surface area contributed by atoms with Crippen molar-refractivity contribution in [2.45, 2.75) is 45.3 Å². The van der Waals surface area contributed by atoms with Crippen molar-refractivity contribution in [2.24, 2.45) is 0 Å². The van der Waals surface area contributed by atoms with Crippen LogP contribution in [0.2, 0.25) is 0 Å². The number of hydrogen-bond donors (Lipinski definition) is 3. The zero-order chi connectivity index (χ0) is 22.3. The maximum Gasteiger partial charge on any atom is 0.410 e. The van der Waals surface area contributed by atoms with Gasteiger partial charge in [-0.2, -0.15) is 0 Å². The Balaban J connectivity index is 1.30. The molecule has 5 rings (SSSR count).